The number of rotatable bonds is 4. The van der Waals surface area contributed by atoms with Gasteiger partial charge in [-0.3, -0.25) is 4.79 Å². The van der Waals surface area contributed by atoms with E-state index in [0.717, 1.165) is 0 Å². The molecule has 0 spiro atoms. The Morgan fingerprint density at radius 1 is 1.05 bits per heavy atom. The Bertz CT molecular complexity index is 462. The second-order valence-corrected chi connectivity index (χ2v) is 5.81. The number of hydrogen-bond acceptors (Lipinski definition) is 2. The summed E-state index contributed by atoms with van der Waals surface area (Å²) in [7, 11) is 0. The standard InChI is InChI=1S/C12H14F8O2/c1-4-8(2,3)7(21)22-5-9(14)6(13)10(15,16)12(19,20)11(9,17)18/h6H,4-5H2,1-3H3. The van der Waals surface area contributed by atoms with Crippen LogP contribution in [0.15, 0.2) is 0 Å². The summed E-state index contributed by atoms with van der Waals surface area (Å²) in [6.07, 6.45) is -4.42. The van der Waals surface area contributed by atoms with Crippen LogP contribution in [0, 0.1) is 5.41 Å². The van der Waals surface area contributed by atoms with Crippen LogP contribution >= 0.6 is 0 Å². The van der Waals surface area contributed by atoms with Gasteiger partial charge in [0.2, 0.25) is 6.17 Å². The third-order valence-electron chi connectivity index (χ3n) is 3.90. The largest absolute Gasteiger partial charge is 0.461 e. The second-order valence-electron chi connectivity index (χ2n) is 5.81. The van der Waals surface area contributed by atoms with Crippen molar-refractivity contribution < 1.29 is 44.7 Å². The predicted octanol–water partition coefficient (Wildman–Crippen LogP) is 3.93. The zero-order chi connectivity index (χ0) is 17.8. The molecule has 0 aromatic rings. The normalized spacial score (nSPS) is 32.8. The highest BCUT2D eigenvalue weighted by Crippen LogP contribution is 2.63. The summed E-state index contributed by atoms with van der Waals surface area (Å²) in [5.41, 5.74) is -6.33. The van der Waals surface area contributed by atoms with Crippen LogP contribution in [0.3, 0.4) is 0 Å². The zero-order valence-corrected chi connectivity index (χ0v) is 11.8. The van der Waals surface area contributed by atoms with Crippen LogP contribution in [-0.2, 0) is 9.53 Å². The molecule has 1 aliphatic rings. The first-order chi connectivity index (χ1) is 9.59. The summed E-state index contributed by atoms with van der Waals surface area (Å²) >= 11 is 0. The minimum absolute atomic E-state index is 0.104. The Morgan fingerprint density at radius 3 is 1.82 bits per heavy atom. The van der Waals surface area contributed by atoms with E-state index in [0.29, 0.717) is 0 Å². The van der Waals surface area contributed by atoms with E-state index < -0.39 is 47.6 Å². The van der Waals surface area contributed by atoms with Gasteiger partial charge in [-0.1, -0.05) is 6.92 Å². The highest BCUT2D eigenvalue weighted by molar-refractivity contribution is 5.75. The highest BCUT2D eigenvalue weighted by Gasteiger charge is 2.93. The molecule has 0 amide bonds. The summed E-state index contributed by atoms with van der Waals surface area (Å²) in [5, 5.41) is 0. The molecule has 10 heteroatoms. The maximum absolute atomic E-state index is 14.0. The number of alkyl halides is 8. The molecule has 1 rings (SSSR count). The van der Waals surface area contributed by atoms with Gasteiger partial charge in [-0.05, 0) is 20.3 Å². The molecule has 0 aromatic heterocycles. The molecule has 22 heavy (non-hydrogen) atoms. The van der Waals surface area contributed by atoms with Gasteiger partial charge in [0.25, 0.3) is 5.67 Å². The number of hydrogen-bond donors (Lipinski definition) is 0. The van der Waals surface area contributed by atoms with E-state index in [2.05, 4.69) is 4.74 Å². The van der Waals surface area contributed by atoms with Gasteiger partial charge in [-0.25, -0.2) is 8.78 Å². The zero-order valence-electron chi connectivity index (χ0n) is 11.8. The molecular weight excluding hydrogens is 328 g/mol. The van der Waals surface area contributed by atoms with E-state index in [-0.39, 0.29) is 6.42 Å². The van der Waals surface area contributed by atoms with Crippen molar-refractivity contribution in [3.05, 3.63) is 0 Å². The first-order valence-electron chi connectivity index (χ1n) is 6.23. The third-order valence-corrected chi connectivity index (χ3v) is 3.90. The fourth-order valence-corrected chi connectivity index (χ4v) is 1.75. The molecular formula is C12H14F8O2. The molecule has 0 saturated heterocycles. The Labute approximate surface area is 120 Å². The van der Waals surface area contributed by atoms with Crippen LogP contribution in [0.4, 0.5) is 35.1 Å². The minimum Gasteiger partial charge on any atom is -0.461 e. The second kappa shape index (κ2) is 4.95. The molecule has 2 unspecified atom stereocenters. The maximum Gasteiger partial charge on any atom is 0.378 e. The van der Waals surface area contributed by atoms with Crippen molar-refractivity contribution in [2.45, 2.75) is 56.8 Å². The van der Waals surface area contributed by atoms with Gasteiger partial charge in [-0.2, -0.15) is 26.3 Å². The minimum atomic E-state index is -6.25. The molecule has 2 atom stereocenters. The SMILES string of the molecule is CCC(C)(C)C(=O)OCC1(F)C(F)C(F)(F)C(F)(F)C1(F)F. The molecule has 1 aliphatic carbocycles. The monoisotopic (exact) mass is 342 g/mol. The number of halogens is 8. The van der Waals surface area contributed by atoms with Gasteiger partial charge in [-0.15, -0.1) is 0 Å². The third kappa shape index (κ3) is 2.17. The lowest BCUT2D eigenvalue weighted by Crippen LogP contribution is -2.55. The summed E-state index contributed by atoms with van der Waals surface area (Å²) in [4.78, 5) is 11.5. The molecule has 0 N–H and O–H groups in total. The van der Waals surface area contributed by atoms with E-state index >= 15 is 0 Å². The summed E-state index contributed by atoms with van der Waals surface area (Å²) < 4.78 is 110. The van der Waals surface area contributed by atoms with Crippen LogP contribution in [0.25, 0.3) is 0 Å². The average Bonchev–Trinajstić information content (AvgIpc) is 2.47. The van der Waals surface area contributed by atoms with Crippen molar-refractivity contribution in [1.29, 1.82) is 0 Å². The van der Waals surface area contributed by atoms with Crippen molar-refractivity contribution in [3.8, 4) is 0 Å². The number of esters is 1. The summed E-state index contributed by atoms with van der Waals surface area (Å²) in [6.45, 7) is 1.78. The lowest BCUT2D eigenvalue weighted by molar-refractivity contribution is -0.291. The molecule has 2 nitrogen and oxygen atoms in total. The molecule has 0 aromatic carbocycles. The van der Waals surface area contributed by atoms with E-state index in [1.165, 1.54) is 20.8 Å². The topological polar surface area (TPSA) is 26.3 Å². The average molecular weight is 342 g/mol. The first-order valence-corrected chi connectivity index (χ1v) is 6.23. The Hall–Kier alpha value is -1.09. The summed E-state index contributed by atoms with van der Waals surface area (Å²) in [6, 6.07) is 0. The molecule has 0 aliphatic heterocycles. The van der Waals surface area contributed by atoms with Crippen molar-refractivity contribution in [3.63, 3.8) is 0 Å². The van der Waals surface area contributed by atoms with Crippen molar-refractivity contribution in [1.82, 2.24) is 0 Å². The summed E-state index contributed by atoms with van der Waals surface area (Å²) in [5.74, 6) is -19.5. The number of carbonyl (C=O) groups excluding carboxylic acids is 1. The van der Waals surface area contributed by atoms with E-state index in [1.807, 2.05) is 0 Å². The van der Waals surface area contributed by atoms with Crippen LogP contribution in [0.2, 0.25) is 0 Å². The predicted molar refractivity (Wildman–Crippen MR) is 58.6 cm³/mol. The van der Waals surface area contributed by atoms with Crippen molar-refractivity contribution in [2.75, 3.05) is 6.61 Å². The van der Waals surface area contributed by atoms with Gasteiger partial charge in [0, 0.05) is 0 Å². The van der Waals surface area contributed by atoms with E-state index in [4.69, 9.17) is 0 Å². The molecule has 1 saturated carbocycles. The fraction of sp³-hybridized carbons (Fsp3) is 0.917. The van der Waals surface area contributed by atoms with Gasteiger partial charge in [0.1, 0.15) is 6.61 Å². The maximum atomic E-state index is 14.0. The molecule has 0 radical (unpaired) electrons. The van der Waals surface area contributed by atoms with Gasteiger partial charge < -0.3 is 4.74 Å². The Balaban J connectivity index is 3.10. The van der Waals surface area contributed by atoms with Gasteiger partial charge >= 0.3 is 23.7 Å². The number of carbonyl (C=O) groups is 1. The quantitative estimate of drug-likeness (QED) is 0.572. The van der Waals surface area contributed by atoms with Crippen LogP contribution in [0.5, 0.6) is 0 Å². The smallest absolute Gasteiger partial charge is 0.378 e. The molecule has 130 valence electrons. The van der Waals surface area contributed by atoms with Crippen LogP contribution in [0.1, 0.15) is 27.2 Å². The number of ether oxygens (including phenoxy) is 1. The van der Waals surface area contributed by atoms with Gasteiger partial charge in [0.05, 0.1) is 5.41 Å². The lowest BCUT2D eigenvalue weighted by atomic mass is 9.90. The molecule has 1 fully saturated rings. The van der Waals surface area contributed by atoms with Crippen molar-refractivity contribution in [2.24, 2.45) is 5.41 Å². The fourth-order valence-electron chi connectivity index (χ4n) is 1.75. The van der Waals surface area contributed by atoms with E-state index in [9.17, 15) is 39.9 Å². The Kier molecular flexibility index (Phi) is 4.27. The Morgan fingerprint density at radius 2 is 1.50 bits per heavy atom. The highest BCUT2D eigenvalue weighted by atomic mass is 19.4. The van der Waals surface area contributed by atoms with Crippen molar-refractivity contribution >= 4 is 5.97 Å². The lowest BCUT2D eigenvalue weighted by Gasteiger charge is -2.30. The first kappa shape index (κ1) is 19.0. The van der Waals surface area contributed by atoms with Crippen LogP contribution < -0.4 is 0 Å². The van der Waals surface area contributed by atoms with Crippen LogP contribution in [-0.4, -0.2) is 42.2 Å². The molecule has 0 heterocycles. The molecule has 0 bridgehead atoms. The van der Waals surface area contributed by atoms with E-state index in [1.54, 1.807) is 0 Å². The van der Waals surface area contributed by atoms with Gasteiger partial charge in [0.15, 0.2) is 0 Å².